The molecule has 3 heterocycles. The second-order valence-electron chi connectivity index (χ2n) is 7.91. The molecular weight excluding hydrogens is 366 g/mol. The van der Waals surface area contributed by atoms with E-state index >= 15 is 0 Å². The van der Waals surface area contributed by atoms with Gasteiger partial charge < -0.3 is 10.5 Å². The lowest BCUT2D eigenvalue weighted by Gasteiger charge is -2.25. The molecule has 0 saturated heterocycles. The summed E-state index contributed by atoms with van der Waals surface area (Å²) in [6, 6.07) is 10.7. The van der Waals surface area contributed by atoms with E-state index < -0.39 is 0 Å². The molecule has 2 aliphatic carbocycles. The standard InChI is InChI=1S/C21H19N7O/c22-9-16-17(12-3-5-14(6-4-12)27-11-24-10-25-27)18-19(13-1-2-13)26-28(15-7-8-15)21(18)29-20(16)23/h3-6,10-11,13,15,17H,1-2,7-8,23H2. The summed E-state index contributed by atoms with van der Waals surface area (Å²) in [6.45, 7) is 0. The molecule has 3 aromatic rings. The van der Waals surface area contributed by atoms with E-state index in [1.807, 2.05) is 28.9 Å². The number of aromatic nitrogens is 5. The molecule has 8 heteroatoms. The SMILES string of the molecule is N#CC1=C(N)Oc2c(c(C3CC3)nn2C2CC2)C1c1ccc(-n2cncn2)cc1. The number of ether oxygens (including phenoxy) is 1. The molecule has 1 aromatic carbocycles. The Morgan fingerprint density at radius 1 is 1.14 bits per heavy atom. The highest BCUT2D eigenvalue weighted by Gasteiger charge is 2.43. The van der Waals surface area contributed by atoms with Crippen molar-refractivity contribution in [1.29, 1.82) is 5.26 Å². The fraction of sp³-hybridized carbons (Fsp3) is 0.333. The minimum absolute atomic E-state index is 0.175. The van der Waals surface area contributed by atoms with E-state index in [4.69, 9.17) is 15.6 Å². The third-order valence-corrected chi connectivity index (χ3v) is 5.87. The molecule has 0 spiro atoms. The molecular formula is C21H19N7O. The number of hydrogen-bond acceptors (Lipinski definition) is 6. The maximum absolute atomic E-state index is 9.88. The molecule has 1 aliphatic heterocycles. The van der Waals surface area contributed by atoms with Crippen LogP contribution in [0.5, 0.6) is 5.88 Å². The number of hydrogen-bond donors (Lipinski definition) is 1. The van der Waals surface area contributed by atoms with Crippen molar-refractivity contribution in [2.24, 2.45) is 5.73 Å². The molecule has 3 aliphatic rings. The quantitative estimate of drug-likeness (QED) is 0.740. The van der Waals surface area contributed by atoms with Crippen LogP contribution in [0.25, 0.3) is 5.69 Å². The first-order chi connectivity index (χ1) is 14.2. The van der Waals surface area contributed by atoms with Crippen molar-refractivity contribution < 1.29 is 4.74 Å². The third-order valence-electron chi connectivity index (χ3n) is 5.87. The number of nitrogens with zero attached hydrogens (tertiary/aromatic N) is 6. The summed E-state index contributed by atoms with van der Waals surface area (Å²) in [7, 11) is 0. The largest absolute Gasteiger partial charge is 0.422 e. The van der Waals surface area contributed by atoms with Gasteiger partial charge in [0, 0.05) is 5.92 Å². The summed E-state index contributed by atoms with van der Waals surface area (Å²) in [5.74, 6) is 1.07. The number of nitrogens with two attached hydrogens (primary N) is 1. The van der Waals surface area contributed by atoms with Gasteiger partial charge in [-0.1, -0.05) is 12.1 Å². The zero-order valence-electron chi connectivity index (χ0n) is 15.7. The summed E-state index contributed by atoms with van der Waals surface area (Å²) in [4.78, 5) is 4.00. The molecule has 0 radical (unpaired) electrons. The van der Waals surface area contributed by atoms with E-state index in [9.17, 15) is 5.26 Å². The Balaban J connectivity index is 1.50. The van der Waals surface area contributed by atoms with Gasteiger partial charge in [-0.15, -0.1) is 0 Å². The fourth-order valence-corrected chi connectivity index (χ4v) is 4.11. The molecule has 144 valence electrons. The maximum atomic E-state index is 9.88. The van der Waals surface area contributed by atoms with E-state index in [1.165, 1.54) is 6.33 Å². The van der Waals surface area contributed by atoms with Gasteiger partial charge in [-0.25, -0.2) is 14.3 Å². The van der Waals surface area contributed by atoms with Crippen LogP contribution in [0.15, 0.2) is 48.4 Å². The van der Waals surface area contributed by atoms with Crippen molar-refractivity contribution in [2.75, 3.05) is 0 Å². The number of rotatable bonds is 4. The van der Waals surface area contributed by atoms with Gasteiger partial charge in [0.15, 0.2) is 0 Å². The molecule has 2 aromatic heterocycles. The van der Waals surface area contributed by atoms with Crippen LogP contribution in [-0.2, 0) is 0 Å². The molecule has 2 saturated carbocycles. The lowest BCUT2D eigenvalue weighted by molar-refractivity contribution is 0.347. The maximum Gasteiger partial charge on any atom is 0.224 e. The Labute approximate surface area is 167 Å². The van der Waals surface area contributed by atoms with E-state index in [0.717, 1.165) is 54.1 Å². The first-order valence-corrected chi connectivity index (χ1v) is 9.89. The lowest BCUT2D eigenvalue weighted by atomic mass is 9.83. The van der Waals surface area contributed by atoms with Crippen LogP contribution in [-0.4, -0.2) is 24.5 Å². The zero-order chi connectivity index (χ0) is 19.5. The summed E-state index contributed by atoms with van der Waals surface area (Å²) in [6.07, 6.45) is 7.64. The number of nitriles is 1. The third kappa shape index (κ3) is 2.54. The van der Waals surface area contributed by atoms with Crippen LogP contribution in [0, 0.1) is 11.3 Å². The van der Waals surface area contributed by atoms with Crippen molar-refractivity contribution >= 4 is 0 Å². The molecule has 29 heavy (non-hydrogen) atoms. The van der Waals surface area contributed by atoms with Gasteiger partial charge in [0.2, 0.25) is 11.8 Å². The lowest BCUT2D eigenvalue weighted by Crippen LogP contribution is -2.22. The van der Waals surface area contributed by atoms with Crippen molar-refractivity contribution in [3.05, 3.63) is 65.2 Å². The molecule has 2 fully saturated rings. The topological polar surface area (TPSA) is 108 Å². The highest BCUT2D eigenvalue weighted by atomic mass is 16.5. The van der Waals surface area contributed by atoms with Crippen LogP contribution >= 0.6 is 0 Å². The minimum atomic E-state index is -0.267. The summed E-state index contributed by atoms with van der Waals surface area (Å²) >= 11 is 0. The van der Waals surface area contributed by atoms with Gasteiger partial charge in [0.1, 0.15) is 24.3 Å². The minimum Gasteiger partial charge on any atom is -0.422 e. The summed E-state index contributed by atoms with van der Waals surface area (Å²) in [5.41, 5.74) is 10.6. The normalized spacial score (nSPS) is 20.9. The predicted molar refractivity (Wildman–Crippen MR) is 103 cm³/mol. The monoisotopic (exact) mass is 385 g/mol. The van der Waals surface area contributed by atoms with Crippen LogP contribution in [0.3, 0.4) is 0 Å². The van der Waals surface area contributed by atoms with Gasteiger partial charge in [-0.3, -0.25) is 0 Å². The zero-order valence-corrected chi connectivity index (χ0v) is 15.7. The highest BCUT2D eigenvalue weighted by Crippen LogP contribution is 2.53. The molecule has 6 rings (SSSR count). The van der Waals surface area contributed by atoms with Crippen molar-refractivity contribution in [3.8, 4) is 17.6 Å². The molecule has 1 unspecified atom stereocenters. The first kappa shape index (κ1) is 16.4. The van der Waals surface area contributed by atoms with Crippen LogP contribution in [0.4, 0.5) is 0 Å². The number of fused-ring (bicyclic) bond motifs is 1. The Hall–Kier alpha value is -3.60. The van der Waals surface area contributed by atoms with E-state index in [1.54, 1.807) is 11.0 Å². The van der Waals surface area contributed by atoms with Crippen LogP contribution < -0.4 is 10.5 Å². The van der Waals surface area contributed by atoms with E-state index in [0.29, 0.717) is 17.5 Å². The van der Waals surface area contributed by atoms with Gasteiger partial charge in [-0.2, -0.15) is 15.5 Å². The smallest absolute Gasteiger partial charge is 0.224 e. The summed E-state index contributed by atoms with van der Waals surface area (Å²) in [5, 5.41) is 19.0. The molecule has 1 atom stereocenters. The first-order valence-electron chi connectivity index (χ1n) is 9.89. The van der Waals surface area contributed by atoms with Gasteiger partial charge in [0.25, 0.3) is 0 Å². The van der Waals surface area contributed by atoms with Gasteiger partial charge in [-0.05, 0) is 43.4 Å². The van der Waals surface area contributed by atoms with Crippen molar-refractivity contribution in [3.63, 3.8) is 0 Å². The Bertz CT molecular complexity index is 1160. The highest BCUT2D eigenvalue weighted by molar-refractivity contribution is 5.57. The average Bonchev–Trinajstić information content (AvgIpc) is 3.68. The Morgan fingerprint density at radius 3 is 2.55 bits per heavy atom. The number of allylic oxidation sites excluding steroid dienone is 1. The van der Waals surface area contributed by atoms with E-state index in [2.05, 4.69) is 16.2 Å². The van der Waals surface area contributed by atoms with Gasteiger partial charge in [0.05, 0.1) is 28.9 Å². The molecule has 0 bridgehead atoms. The molecule has 2 N–H and O–H groups in total. The average molecular weight is 385 g/mol. The van der Waals surface area contributed by atoms with Crippen molar-refractivity contribution in [2.45, 2.75) is 43.6 Å². The number of benzene rings is 1. The second kappa shape index (κ2) is 5.95. The van der Waals surface area contributed by atoms with Crippen molar-refractivity contribution in [1.82, 2.24) is 24.5 Å². The summed E-state index contributed by atoms with van der Waals surface area (Å²) < 4.78 is 9.68. The van der Waals surface area contributed by atoms with Gasteiger partial charge >= 0.3 is 0 Å². The Morgan fingerprint density at radius 2 is 1.93 bits per heavy atom. The predicted octanol–water partition coefficient (Wildman–Crippen LogP) is 2.89. The fourth-order valence-electron chi connectivity index (χ4n) is 4.11. The van der Waals surface area contributed by atoms with E-state index in [-0.39, 0.29) is 11.8 Å². The second-order valence-corrected chi connectivity index (χ2v) is 7.91. The van der Waals surface area contributed by atoms with Crippen LogP contribution in [0.2, 0.25) is 0 Å². The molecule has 8 nitrogen and oxygen atoms in total. The Kier molecular flexibility index (Phi) is 3.36. The van der Waals surface area contributed by atoms with Crippen LogP contribution in [0.1, 0.15) is 60.4 Å². The molecule has 0 amide bonds.